The van der Waals surface area contributed by atoms with Crippen LogP contribution in [0.1, 0.15) is 37.6 Å². The van der Waals surface area contributed by atoms with E-state index >= 15 is 0 Å². The number of benzene rings is 1. The Hall–Kier alpha value is -2.57. The fourth-order valence-corrected chi connectivity index (χ4v) is 2.04. The monoisotopic (exact) mass is 316 g/mol. The summed E-state index contributed by atoms with van der Waals surface area (Å²) in [5.41, 5.74) is 10.0. The molecule has 0 atom stereocenters. The molecular weight excluding hydrogens is 292 g/mol. The molecule has 0 bridgehead atoms. The fraction of sp³-hybridized carbons (Fsp3) is 0.438. The minimum atomic E-state index is -0.172. The van der Waals surface area contributed by atoms with Crippen LogP contribution in [-0.4, -0.2) is 36.4 Å². The highest BCUT2D eigenvalue weighted by Gasteiger charge is 2.20. The number of hydrogen-bond donors (Lipinski definition) is 3. The zero-order chi connectivity index (χ0) is 17.0. The van der Waals surface area contributed by atoms with Crippen molar-refractivity contribution in [2.75, 3.05) is 13.6 Å². The third kappa shape index (κ3) is 4.70. The number of hydrazine groups is 1. The van der Waals surface area contributed by atoms with E-state index in [1.165, 1.54) is 5.01 Å². The summed E-state index contributed by atoms with van der Waals surface area (Å²) < 4.78 is 0. The van der Waals surface area contributed by atoms with Crippen molar-refractivity contribution in [1.82, 2.24) is 15.8 Å². The molecule has 7 nitrogen and oxygen atoms in total. The van der Waals surface area contributed by atoms with E-state index in [0.717, 1.165) is 13.0 Å². The standard InChI is InChI=1S/C16H24N6O/c1-16(2,3)9-10-18-14(17)20-15-19-12-8-6-5-7-11(12)13(23)22(4)21-15/h5-8H,9-10H2,1-4H3,(H4,17,18,19,20,21). The van der Waals surface area contributed by atoms with Gasteiger partial charge < -0.3 is 11.1 Å². The molecule has 23 heavy (non-hydrogen) atoms. The summed E-state index contributed by atoms with van der Waals surface area (Å²) in [6.07, 6.45) is 0.963. The molecule has 1 aromatic rings. The van der Waals surface area contributed by atoms with Crippen molar-refractivity contribution >= 4 is 23.5 Å². The Morgan fingerprint density at radius 1 is 1.39 bits per heavy atom. The van der Waals surface area contributed by atoms with Crippen molar-refractivity contribution in [2.24, 2.45) is 21.1 Å². The van der Waals surface area contributed by atoms with Crippen molar-refractivity contribution in [1.29, 1.82) is 0 Å². The summed E-state index contributed by atoms with van der Waals surface area (Å²) in [7, 11) is 1.62. The zero-order valence-corrected chi connectivity index (χ0v) is 14.1. The van der Waals surface area contributed by atoms with Crippen LogP contribution in [-0.2, 0) is 0 Å². The number of carbonyl (C=O) groups excluding carboxylic acids is 1. The second-order valence-electron chi connectivity index (χ2n) is 6.66. The van der Waals surface area contributed by atoms with Gasteiger partial charge in [-0.05, 0) is 24.0 Å². The van der Waals surface area contributed by atoms with Crippen molar-refractivity contribution in [3.63, 3.8) is 0 Å². The molecule has 0 unspecified atom stereocenters. The van der Waals surface area contributed by atoms with Crippen LogP contribution in [0.15, 0.2) is 34.3 Å². The minimum absolute atomic E-state index is 0.172. The largest absolute Gasteiger partial charge is 0.370 e. The van der Waals surface area contributed by atoms with Crippen LogP contribution >= 0.6 is 0 Å². The smallest absolute Gasteiger partial charge is 0.274 e. The summed E-state index contributed by atoms with van der Waals surface area (Å²) in [5, 5.41) is 4.40. The number of hydrogen-bond acceptors (Lipinski definition) is 4. The van der Waals surface area contributed by atoms with Gasteiger partial charge in [0.2, 0.25) is 5.96 Å². The van der Waals surface area contributed by atoms with Gasteiger partial charge >= 0.3 is 0 Å². The van der Waals surface area contributed by atoms with Crippen LogP contribution in [0.25, 0.3) is 0 Å². The summed E-state index contributed by atoms with van der Waals surface area (Å²) in [6.45, 7) is 7.21. The lowest BCUT2D eigenvalue weighted by Gasteiger charge is -2.18. The molecule has 2 rings (SSSR count). The molecule has 7 heteroatoms. The number of para-hydroxylation sites is 1. The summed E-state index contributed by atoms with van der Waals surface area (Å²) in [4.78, 5) is 20.8. The Balaban J connectivity index is 2.14. The molecule has 0 radical (unpaired) electrons. The molecule has 124 valence electrons. The highest BCUT2D eigenvalue weighted by molar-refractivity contribution is 6.04. The van der Waals surface area contributed by atoms with Gasteiger partial charge in [-0.1, -0.05) is 32.9 Å². The van der Waals surface area contributed by atoms with Gasteiger partial charge in [0.25, 0.3) is 5.91 Å². The number of amides is 1. The normalized spacial score (nSPS) is 15.5. The number of rotatable bonds is 2. The summed E-state index contributed by atoms with van der Waals surface area (Å²) >= 11 is 0. The molecule has 0 fully saturated rings. The number of nitrogens with one attached hydrogen (secondary N) is 2. The lowest BCUT2D eigenvalue weighted by Crippen LogP contribution is -2.43. The van der Waals surface area contributed by atoms with E-state index in [2.05, 4.69) is 41.5 Å². The topological polar surface area (TPSA) is 95.1 Å². The van der Waals surface area contributed by atoms with Crippen LogP contribution in [0.5, 0.6) is 0 Å². The molecule has 1 amide bonds. The van der Waals surface area contributed by atoms with Gasteiger partial charge in [-0.2, -0.15) is 4.99 Å². The summed E-state index contributed by atoms with van der Waals surface area (Å²) in [5.74, 6) is 0.362. The van der Waals surface area contributed by atoms with Crippen molar-refractivity contribution in [2.45, 2.75) is 27.2 Å². The number of nitrogens with two attached hydrogens (primary N) is 1. The maximum absolute atomic E-state index is 12.2. The second-order valence-corrected chi connectivity index (χ2v) is 6.66. The first-order valence-corrected chi connectivity index (χ1v) is 7.57. The van der Waals surface area contributed by atoms with Gasteiger partial charge in [-0.25, -0.2) is 4.99 Å². The summed E-state index contributed by atoms with van der Waals surface area (Å²) in [6, 6.07) is 7.13. The van der Waals surface area contributed by atoms with Gasteiger partial charge in [-0.3, -0.25) is 15.2 Å². The minimum Gasteiger partial charge on any atom is -0.370 e. The molecular formula is C16H24N6O. The Bertz CT molecular complexity index is 644. The van der Waals surface area contributed by atoms with Crippen LogP contribution in [0, 0.1) is 5.41 Å². The highest BCUT2D eigenvalue weighted by Crippen LogP contribution is 2.22. The number of carbonyl (C=O) groups is 1. The third-order valence-corrected chi connectivity index (χ3v) is 3.34. The molecule has 1 aliphatic rings. The predicted molar refractivity (Wildman–Crippen MR) is 92.5 cm³/mol. The van der Waals surface area contributed by atoms with Gasteiger partial charge in [0.1, 0.15) is 0 Å². The Kier molecular flexibility index (Phi) is 4.88. The van der Waals surface area contributed by atoms with Gasteiger partial charge in [0.15, 0.2) is 5.96 Å². The molecule has 4 N–H and O–H groups in total. The first-order valence-electron chi connectivity index (χ1n) is 7.57. The maximum Gasteiger partial charge on any atom is 0.274 e. The maximum atomic E-state index is 12.2. The molecule has 0 aliphatic carbocycles. The van der Waals surface area contributed by atoms with Crippen molar-refractivity contribution < 1.29 is 4.79 Å². The molecule has 0 spiro atoms. The average Bonchev–Trinajstić information content (AvgIpc) is 2.56. The van der Waals surface area contributed by atoms with E-state index in [9.17, 15) is 4.79 Å². The third-order valence-electron chi connectivity index (χ3n) is 3.34. The number of aliphatic imine (C=N–C) groups is 2. The molecule has 1 aromatic carbocycles. The first kappa shape index (κ1) is 16.8. The number of guanidine groups is 2. The van der Waals surface area contributed by atoms with E-state index in [1.54, 1.807) is 25.2 Å². The van der Waals surface area contributed by atoms with Crippen LogP contribution < -0.4 is 16.5 Å². The molecule has 0 saturated heterocycles. The average molecular weight is 316 g/mol. The van der Waals surface area contributed by atoms with Crippen molar-refractivity contribution in [3.8, 4) is 0 Å². The van der Waals surface area contributed by atoms with Gasteiger partial charge in [0, 0.05) is 13.6 Å². The molecule has 1 heterocycles. The van der Waals surface area contributed by atoms with E-state index in [-0.39, 0.29) is 23.2 Å². The highest BCUT2D eigenvalue weighted by atomic mass is 16.2. The lowest BCUT2D eigenvalue weighted by molar-refractivity contribution is 0.0761. The quantitative estimate of drug-likeness (QED) is 0.570. The Morgan fingerprint density at radius 3 is 2.78 bits per heavy atom. The lowest BCUT2D eigenvalue weighted by atomic mass is 9.92. The van der Waals surface area contributed by atoms with E-state index < -0.39 is 0 Å². The number of fused-ring (bicyclic) bond motifs is 1. The van der Waals surface area contributed by atoms with Gasteiger partial charge in [0.05, 0.1) is 11.3 Å². The number of nitrogens with zero attached hydrogens (tertiary/aromatic N) is 3. The Morgan fingerprint density at radius 2 is 2.09 bits per heavy atom. The van der Waals surface area contributed by atoms with Gasteiger partial charge in [-0.15, -0.1) is 0 Å². The van der Waals surface area contributed by atoms with Crippen LogP contribution in [0.4, 0.5) is 5.69 Å². The van der Waals surface area contributed by atoms with Crippen molar-refractivity contribution in [3.05, 3.63) is 29.8 Å². The fourth-order valence-electron chi connectivity index (χ4n) is 2.04. The van der Waals surface area contributed by atoms with Crippen LogP contribution in [0.2, 0.25) is 0 Å². The molecule has 0 saturated carbocycles. The van der Waals surface area contributed by atoms with E-state index in [1.807, 2.05) is 6.07 Å². The van der Waals surface area contributed by atoms with E-state index in [0.29, 0.717) is 11.3 Å². The first-order chi connectivity index (χ1) is 10.8. The molecule has 0 aromatic heterocycles. The second kappa shape index (κ2) is 6.68. The Labute approximate surface area is 136 Å². The SMILES string of the molecule is CN1NC(N=C(N)NCCC(C)(C)C)=Nc2ccccc2C1=O. The predicted octanol–water partition coefficient (Wildman–Crippen LogP) is 1.60. The van der Waals surface area contributed by atoms with Crippen LogP contribution in [0.3, 0.4) is 0 Å². The van der Waals surface area contributed by atoms with E-state index in [4.69, 9.17) is 5.73 Å². The zero-order valence-electron chi connectivity index (χ0n) is 14.1. The molecule has 1 aliphatic heterocycles.